The van der Waals surface area contributed by atoms with E-state index in [0.717, 1.165) is 6.54 Å². The Morgan fingerprint density at radius 2 is 2.17 bits per heavy atom. The molecule has 0 aliphatic carbocycles. The fourth-order valence-electron chi connectivity index (χ4n) is 1.87. The lowest BCUT2D eigenvalue weighted by Crippen LogP contribution is -2.40. The summed E-state index contributed by atoms with van der Waals surface area (Å²) in [6, 6.07) is 2.69. The van der Waals surface area contributed by atoms with Gasteiger partial charge in [0.1, 0.15) is 0 Å². The summed E-state index contributed by atoms with van der Waals surface area (Å²) >= 11 is 0. The van der Waals surface area contributed by atoms with Gasteiger partial charge in [0.25, 0.3) is 0 Å². The van der Waals surface area contributed by atoms with Crippen LogP contribution in [0.2, 0.25) is 0 Å². The Hall–Kier alpha value is -1.29. The minimum Gasteiger partial charge on any atom is -0.468 e. The molecule has 0 aromatic carbocycles. The van der Waals surface area contributed by atoms with Gasteiger partial charge in [-0.1, -0.05) is 0 Å². The molecule has 0 radical (unpaired) electrons. The molecule has 1 atom stereocenters. The Balaban J connectivity index is 0.00000264. The molecule has 1 aliphatic heterocycles. The lowest BCUT2D eigenvalue weighted by Gasteiger charge is -2.23. The molecule has 1 unspecified atom stereocenters. The van der Waals surface area contributed by atoms with E-state index in [0.29, 0.717) is 18.8 Å². The largest absolute Gasteiger partial charge is 0.468 e. The van der Waals surface area contributed by atoms with E-state index in [1.165, 1.54) is 18.3 Å². The number of anilines is 1. The molecule has 1 aliphatic rings. The SMILES string of the molecule is Cl.Cl.O=C(CC1CNCCO1)Nc1ccc(OCC(F)(F)F)nc1. The van der Waals surface area contributed by atoms with Gasteiger partial charge >= 0.3 is 6.18 Å². The average Bonchev–Trinajstić information content (AvgIpc) is 2.47. The highest BCUT2D eigenvalue weighted by molar-refractivity contribution is 5.90. The molecular formula is C13H18Cl2F3N3O3. The number of hydrogen-bond acceptors (Lipinski definition) is 5. The number of pyridine rings is 1. The number of alkyl halides is 3. The number of nitrogens with one attached hydrogen (secondary N) is 2. The normalized spacial score (nSPS) is 17.2. The lowest BCUT2D eigenvalue weighted by molar-refractivity contribution is -0.154. The maximum atomic E-state index is 12.0. The number of halogens is 5. The Bertz CT molecular complexity index is 497. The van der Waals surface area contributed by atoms with E-state index in [1.807, 2.05) is 0 Å². The van der Waals surface area contributed by atoms with Crippen LogP contribution < -0.4 is 15.4 Å². The van der Waals surface area contributed by atoms with Crippen molar-refractivity contribution in [2.75, 3.05) is 31.6 Å². The molecule has 1 aromatic heterocycles. The van der Waals surface area contributed by atoms with Crippen LogP contribution in [-0.2, 0) is 9.53 Å². The third-order valence-corrected chi connectivity index (χ3v) is 2.82. The number of nitrogens with zero attached hydrogens (tertiary/aromatic N) is 1. The van der Waals surface area contributed by atoms with Crippen LogP contribution in [0.4, 0.5) is 18.9 Å². The molecule has 24 heavy (non-hydrogen) atoms. The summed E-state index contributed by atoms with van der Waals surface area (Å²) in [4.78, 5) is 15.5. The first kappa shape index (κ1) is 22.7. The number of carbonyl (C=O) groups excluding carboxylic acids is 1. The summed E-state index contributed by atoms with van der Waals surface area (Å²) in [6.45, 7) is 0.528. The zero-order valence-electron chi connectivity index (χ0n) is 12.5. The Labute approximate surface area is 149 Å². The number of rotatable bonds is 5. The van der Waals surface area contributed by atoms with E-state index >= 15 is 0 Å². The molecule has 0 saturated carbocycles. The molecule has 11 heteroatoms. The molecule has 0 spiro atoms. The van der Waals surface area contributed by atoms with Gasteiger partial charge in [-0.2, -0.15) is 13.2 Å². The second-order valence-corrected chi connectivity index (χ2v) is 4.74. The minimum absolute atomic E-state index is 0. The van der Waals surface area contributed by atoms with Gasteiger partial charge in [0.15, 0.2) is 6.61 Å². The van der Waals surface area contributed by atoms with Crippen molar-refractivity contribution in [3.8, 4) is 5.88 Å². The lowest BCUT2D eigenvalue weighted by atomic mass is 10.2. The molecule has 138 valence electrons. The summed E-state index contributed by atoms with van der Waals surface area (Å²) in [7, 11) is 0. The first-order valence-corrected chi connectivity index (χ1v) is 6.70. The predicted molar refractivity (Wildman–Crippen MR) is 86.1 cm³/mol. The Morgan fingerprint density at radius 3 is 2.71 bits per heavy atom. The number of ether oxygens (including phenoxy) is 2. The average molecular weight is 392 g/mol. The van der Waals surface area contributed by atoms with Crippen molar-refractivity contribution in [3.63, 3.8) is 0 Å². The van der Waals surface area contributed by atoms with Crippen molar-refractivity contribution < 1.29 is 27.4 Å². The molecule has 6 nitrogen and oxygen atoms in total. The number of aromatic nitrogens is 1. The molecule has 2 rings (SSSR count). The zero-order chi connectivity index (χ0) is 16.0. The third kappa shape index (κ3) is 8.53. The second-order valence-electron chi connectivity index (χ2n) is 4.74. The molecule has 0 bridgehead atoms. The van der Waals surface area contributed by atoms with Gasteiger partial charge in [0.05, 0.1) is 31.0 Å². The van der Waals surface area contributed by atoms with Gasteiger partial charge in [0.2, 0.25) is 11.8 Å². The Kier molecular flexibility index (Phi) is 9.98. The molecule has 1 fully saturated rings. The summed E-state index contributed by atoms with van der Waals surface area (Å²) in [5, 5.41) is 5.71. The number of hydrogen-bond donors (Lipinski definition) is 2. The minimum atomic E-state index is -4.41. The smallest absolute Gasteiger partial charge is 0.422 e. The molecular weight excluding hydrogens is 374 g/mol. The van der Waals surface area contributed by atoms with E-state index in [2.05, 4.69) is 20.4 Å². The van der Waals surface area contributed by atoms with Crippen LogP contribution >= 0.6 is 24.8 Å². The monoisotopic (exact) mass is 391 g/mol. The van der Waals surface area contributed by atoms with E-state index in [4.69, 9.17) is 4.74 Å². The highest BCUT2D eigenvalue weighted by atomic mass is 35.5. The molecule has 2 N–H and O–H groups in total. The van der Waals surface area contributed by atoms with E-state index in [-0.39, 0.29) is 49.1 Å². The van der Waals surface area contributed by atoms with Crippen LogP contribution in [0.25, 0.3) is 0 Å². The van der Waals surface area contributed by atoms with Crippen molar-refractivity contribution >= 4 is 36.4 Å². The van der Waals surface area contributed by atoms with Gasteiger partial charge in [-0.05, 0) is 6.07 Å². The zero-order valence-corrected chi connectivity index (χ0v) is 14.1. The Morgan fingerprint density at radius 1 is 1.42 bits per heavy atom. The van der Waals surface area contributed by atoms with Crippen LogP contribution in [0.3, 0.4) is 0 Å². The third-order valence-electron chi connectivity index (χ3n) is 2.82. The van der Waals surface area contributed by atoms with Gasteiger partial charge in [-0.25, -0.2) is 4.98 Å². The first-order chi connectivity index (χ1) is 10.4. The maximum Gasteiger partial charge on any atom is 0.422 e. The van der Waals surface area contributed by atoms with Crippen LogP contribution in [-0.4, -0.2) is 49.5 Å². The fourth-order valence-corrected chi connectivity index (χ4v) is 1.87. The van der Waals surface area contributed by atoms with Crippen LogP contribution in [0.5, 0.6) is 5.88 Å². The van der Waals surface area contributed by atoms with E-state index < -0.39 is 12.8 Å². The van der Waals surface area contributed by atoms with Crippen LogP contribution in [0.1, 0.15) is 6.42 Å². The molecule has 2 heterocycles. The quantitative estimate of drug-likeness (QED) is 0.804. The van der Waals surface area contributed by atoms with Crippen molar-refractivity contribution in [3.05, 3.63) is 18.3 Å². The van der Waals surface area contributed by atoms with Crippen molar-refractivity contribution in [1.29, 1.82) is 0 Å². The number of morpholine rings is 1. The van der Waals surface area contributed by atoms with Crippen molar-refractivity contribution in [1.82, 2.24) is 10.3 Å². The molecule has 1 aromatic rings. The van der Waals surface area contributed by atoms with E-state index in [9.17, 15) is 18.0 Å². The van der Waals surface area contributed by atoms with Crippen LogP contribution in [0.15, 0.2) is 18.3 Å². The summed E-state index contributed by atoms with van der Waals surface area (Å²) in [5.74, 6) is -0.408. The maximum absolute atomic E-state index is 12.0. The van der Waals surface area contributed by atoms with Gasteiger partial charge in [-0.15, -0.1) is 24.8 Å². The summed E-state index contributed by atoms with van der Waals surface area (Å²) in [6.07, 6.45) is -3.16. The summed E-state index contributed by atoms with van der Waals surface area (Å²) in [5.41, 5.74) is 0.383. The fraction of sp³-hybridized carbons (Fsp3) is 0.538. The number of carbonyl (C=O) groups is 1. The van der Waals surface area contributed by atoms with Gasteiger partial charge < -0.3 is 20.1 Å². The highest BCUT2D eigenvalue weighted by Gasteiger charge is 2.28. The standard InChI is InChI=1S/C13H16F3N3O3.2ClH/c14-13(15,16)8-22-12-2-1-9(6-18-12)19-11(20)5-10-7-17-3-4-21-10;;/h1-2,6,10,17H,3-5,7-8H2,(H,19,20);2*1H. The summed E-state index contributed by atoms with van der Waals surface area (Å²) < 4.78 is 45.8. The first-order valence-electron chi connectivity index (χ1n) is 6.70. The van der Waals surface area contributed by atoms with Crippen LogP contribution in [0, 0.1) is 0 Å². The topological polar surface area (TPSA) is 72.5 Å². The van der Waals surface area contributed by atoms with Gasteiger partial charge in [0, 0.05) is 19.2 Å². The van der Waals surface area contributed by atoms with Crippen molar-refractivity contribution in [2.45, 2.75) is 18.7 Å². The predicted octanol–water partition coefficient (Wildman–Crippen LogP) is 2.18. The highest BCUT2D eigenvalue weighted by Crippen LogP contribution is 2.18. The molecule has 1 amide bonds. The molecule has 1 saturated heterocycles. The van der Waals surface area contributed by atoms with E-state index in [1.54, 1.807) is 0 Å². The second kappa shape index (κ2) is 10.5. The number of amides is 1. The van der Waals surface area contributed by atoms with Crippen molar-refractivity contribution in [2.24, 2.45) is 0 Å². The van der Waals surface area contributed by atoms with Gasteiger partial charge in [-0.3, -0.25) is 4.79 Å².